The lowest BCUT2D eigenvalue weighted by Crippen LogP contribution is -2.11. The molecule has 0 radical (unpaired) electrons. The van der Waals surface area contributed by atoms with E-state index in [1.807, 2.05) is 0 Å². The molecule has 23 heavy (non-hydrogen) atoms. The summed E-state index contributed by atoms with van der Waals surface area (Å²) in [5, 5.41) is 11.5. The van der Waals surface area contributed by atoms with Gasteiger partial charge in [0, 0.05) is 18.0 Å². The Kier molecular flexibility index (Phi) is 4.53. The molecule has 0 unspecified atom stereocenters. The normalized spacial score (nSPS) is 10.3. The molecule has 3 aromatic rings. The van der Waals surface area contributed by atoms with Gasteiger partial charge in [-0.1, -0.05) is 11.3 Å². The third-order valence-electron chi connectivity index (χ3n) is 2.81. The molecule has 1 N–H and O–H groups in total. The highest BCUT2D eigenvalue weighted by molar-refractivity contribution is 7.15. The first kappa shape index (κ1) is 15.0. The zero-order valence-corrected chi connectivity index (χ0v) is 12.6. The maximum absolute atomic E-state index is 12.8. The molecular formula is C15H11FN4O2S. The number of nitrogens with one attached hydrogen (secondary N) is 1. The van der Waals surface area contributed by atoms with Crippen LogP contribution in [0.3, 0.4) is 0 Å². The highest BCUT2D eigenvalue weighted by atomic mass is 32.1. The zero-order chi connectivity index (χ0) is 16.1. The Morgan fingerprint density at radius 2 is 1.87 bits per heavy atom. The second-order valence-electron chi connectivity index (χ2n) is 4.43. The molecule has 0 bridgehead atoms. The third kappa shape index (κ3) is 4.07. The van der Waals surface area contributed by atoms with Gasteiger partial charge < -0.3 is 4.74 Å². The lowest BCUT2D eigenvalue weighted by molar-refractivity contribution is 0.102. The van der Waals surface area contributed by atoms with Gasteiger partial charge in [0.2, 0.25) is 5.13 Å². The summed E-state index contributed by atoms with van der Waals surface area (Å²) in [6, 6.07) is 8.90. The van der Waals surface area contributed by atoms with E-state index in [0.29, 0.717) is 21.5 Å². The van der Waals surface area contributed by atoms with E-state index in [2.05, 4.69) is 20.5 Å². The van der Waals surface area contributed by atoms with Gasteiger partial charge in [0.05, 0.1) is 0 Å². The largest absolute Gasteiger partial charge is 0.486 e. The molecule has 2 aromatic heterocycles. The predicted molar refractivity (Wildman–Crippen MR) is 82.8 cm³/mol. The Morgan fingerprint density at radius 3 is 2.61 bits per heavy atom. The maximum Gasteiger partial charge on any atom is 0.257 e. The topological polar surface area (TPSA) is 77.0 Å². The van der Waals surface area contributed by atoms with Crippen LogP contribution in [0.1, 0.15) is 15.4 Å². The van der Waals surface area contributed by atoms with Crippen molar-refractivity contribution in [3.8, 4) is 5.75 Å². The Bertz CT molecular complexity index is 793. The fourth-order valence-electron chi connectivity index (χ4n) is 1.71. The highest BCUT2D eigenvalue weighted by Gasteiger charge is 2.10. The average Bonchev–Trinajstić information content (AvgIpc) is 3.02. The second-order valence-corrected chi connectivity index (χ2v) is 5.50. The van der Waals surface area contributed by atoms with Crippen molar-refractivity contribution in [3.63, 3.8) is 0 Å². The van der Waals surface area contributed by atoms with E-state index < -0.39 is 0 Å². The van der Waals surface area contributed by atoms with Gasteiger partial charge in [0.1, 0.15) is 18.2 Å². The number of ether oxygens (including phenoxy) is 1. The molecule has 1 amide bonds. The lowest BCUT2D eigenvalue weighted by Gasteiger charge is -2.02. The van der Waals surface area contributed by atoms with Crippen LogP contribution in [0.5, 0.6) is 5.75 Å². The summed E-state index contributed by atoms with van der Waals surface area (Å²) in [6.07, 6.45) is 3.08. The number of nitrogens with zero attached hydrogens (tertiary/aromatic N) is 3. The number of benzene rings is 1. The summed E-state index contributed by atoms with van der Waals surface area (Å²) in [5.74, 6) is -0.0760. The van der Waals surface area contributed by atoms with Gasteiger partial charge in [-0.05, 0) is 36.4 Å². The molecule has 116 valence electrons. The standard InChI is InChI=1S/C15H11FN4O2S/c16-11-1-3-12(4-2-11)22-9-13-19-20-15(23-13)18-14(21)10-5-7-17-8-6-10/h1-8H,9H2,(H,18,20,21). The van der Waals surface area contributed by atoms with Gasteiger partial charge in [-0.2, -0.15) is 0 Å². The van der Waals surface area contributed by atoms with Crippen molar-refractivity contribution >= 4 is 22.4 Å². The van der Waals surface area contributed by atoms with Gasteiger partial charge in [0.15, 0.2) is 5.01 Å². The van der Waals surface area contributed by atoms with Crippen LogP contribution in [0.25, 0.3) is 0 Å². The molecule has 8 heteroatoms. The van der Waals surface area contributed by atoms with Crippen molar-refractivity contribution < 1.29 is 13.9 Å². The minimum absolute atomic E-state index is 0.189. The number of anilines is 1. The molecule has 0 saturated carbocycles. The van der Waals surface area contributed by atoms with Gasteiger partial charge in [-0.25, -0.2) is 4.39 Å². The Hall–Kier alpha value is -2.87. The van der Waals surface area contributed by atoms with Crippen LogP contribution in [0.15, 0.2) is 48.8 Å². The SMILES string of the molecule is O=C(Nc1nnc(COc2ccc(F)cc2)s1)c1ccncc1. The minimum Gasteiger partial charge on any atom is -0.486 e. The number of halogens is 1. The van der Waals surface area contributed by atoms with Crippen molar-refractivity contribution in [2.24, 2.45) is 0 Å². The number of hydrogen-bond acceptors (Lipinski definition) is 6. The summed E-state index contributed by atoms with van der Waals surface area (Å²) >= 11 is 1.21. The number of amides is 1. The van der Waals surface area contributed by atoms with Crippen molar-refractivity contribution in [1.29, 1.82) is 0 Å². The van der Waals surface area contributed by atoms with Gasteiger partial charge in [0.25, 0.3) is 5.91 Å². The molecule has 3 rings (SSSR count). The van der Waals surface area contributed by atoms with Gasteiger partial charge >= 0.3 is 0 Å². The fourth-order valence-corrected chi connectivity index (χ4v) is 2.36. The number of carbonyl (C=O) groups excluding carboxylic acids is 1. The third-order valence-corrected chi connectivity index (χ3v) is 3.62. The van der Waals surface area contributed by atoms with E-state index in [1.165, 1.54) is 48.0 Å². The summed E-state index contributed by atoms with van der Waals surface area (Å²) in [7, 11) is 0. The van der Waals surface area contributed by atoms with Crippen LogP contribution in [-0.4, -0.2) is 21.1 Å². The number of hydrogen-bond donors (Lipinski definition) is 1. The number of carbonyl (C=O) groups is 1. The molecule has 0 saturated heterocycles. The summed E-state index contributed by atoms with van der Waals surface area (Å²) in [4.78, 5) is 15.8. The molecule has 0 fully saturated rings. The van der Waals surface area contributed by atoms with Gasteiger partial charge in [-0.15, -0.1) is 10.2 Å². The van der Waals surface area contributed by atoms with E-state index in [-0.39, 0.29) is 18.3 Å². The second kappa shape index (κ2) is 6.93. The Morgan fingerprint density at radius 1 is 1.13 bits per heavy atom. The van der Waals surface area contributed by atoms with Crippen LogP contribution in [0, 0.1) is 5.82 Å². The smallest absolute Gasteiger partial charge is 0.257 e. The average molecular weight is 330 g/mol. The number of pyridine rings is 1. The van der Waals surface area contributed by atoms with Crippen LogP contribution >= 0.6 is 11.3 Å². The molecular weight excluding hydrogens is 319 g/mol. The van der Waals surface area contributed by atoms with E-state index >= 15 is 0 Å². The monoisotopic (exact) mass is 330 g/mol. The van der Waals surface area contributed by atoms with E-state index in [9.17, 15) is 9.18 Å². The van der Waals surface area contributed by atoms with Gasteiger partial charge in [-0.3, -0.25) is 15.1 Å². The first-order chi connectivity index (χ1) is 11.2. The molecule has 2 heterocycles. The van der Waals surface area contributed by atoms with E-state index in [4.69, 9.17) is 4.74 Å². The molecule has 0 aliphatic rings. The highest BCUT2D eigenvalue weighted by Crippen LogP contribution is 2.19. The summed E-state index contributed by atoms with van der Waals surface area (Å²) in [5.41, 5.74) is 0.485. The zero-order valence-electron chi connectivity index (χ0n) is 11.8. The van der Waals surface area contributed by atoms with Crippen molar-refractivity contribution in [2.45, 2.75) is 6.61 Å². The van der Waals surface area contributed by atoms with Crippen molar-refractivity contribution in [3.05, 3.63) is 65.2 Å². The summed E-state index contributed by atoms with van der Waals surface area (Å²) < 4.78 is 18.3. The molecule has 0 aliphatic heterocycles. The Balaban J connectivity index is 1.57. The molecule has 0 atom stereocenters. The lowest BCUT2D eigenvalue weighted by atomic mass is 10.2. The van der Waals surface area contributed by atoms with E-state index in [0.717, 1.165) is 0 Å². The molecule has 0 spiro atoms. The summed E-state index contributed by atoms with van der Waals surface area (Å²) in [6.45, 7) is 0.189. The maximum atomic E-state index is 12.8. The van der Waals surface area contributed by atoms with Crippen molar-refractivity contribution in [1.82, 2.24) is 15.2 Å². The van der Waals surface area contributed by atoms with Crippen LogP contribution in [0.4, 0.5) is 9.52 Å². The van der Waals surface area contributed by atoms with Crippen LogP contribution in [0.2, 0.25) is 0 Å². The van der Waals surface area contributed by atoms with Crippen LogP contribution < -0.4 is 10.1 Å². The minimum atomic E-state index is -0.325. The quantitative estimate of drug-likeness (QED) is 0.778. The number of aromatic nitrogens is 3. The van der Waals surface area contributed by atoms with Crippen LogP contribution in [-0.2, 0) is 6.61 Å². The molecule has 0 aliphatic carbocycles. The first-order valence-electron chi connectivity index (χ1n) is 6.63. The molecule has 6 nitrogen and oxygen atoms in total. The van der Waals surface area contributed by atoms with E-state index in [1.54, 1.807) is 12.1 Å². The Labute approximate surface area is 135 Å². The van der Waals surface area contributed by atoms with Crippen molar-refractivity contribution in [2.75, 3.05) is 5.32 Å². The fraction of sp³-hybridized carbons (Fsp3) is 0.0667. The first-order valence-corrected chi connectivity index (χ1v) is 7.44. The number of rotatable bonds is 5. The molecule has 1 aromatic carbocycles. The predicted octanol–water partition coefficient (Wildman–Crippen LogP) is 2.90.